The third kappa shape index (κ3) is 4.01. The number of amides is 1. The first-order valence-electron chi connectivity index (χ1n) is 10.1. The molecule has 1 aliphatic rings. The number of carbonyl (C=O) groups excluding carboxylic acids is 1. The maximum absolute atomic E-state index is 12.0. The van der Waals surface area contributed by atoms with Crippen LogP contribution in [0.2, 0.25) is 0 Å². The molecule has 0 saturated carbocycles. The lowest BCUT2D eigenvalue weighted by atomic mass is 9.80. The second-order valence-electron chi connectivity index (χ2n) is 7.47. The number of amidine groups is 1. The molecule has 1 heterocycles. The highest BCUT2D eigenvalue weighted by Crippen LogP contribution is 2.51. The molecule has 5 N–H and O–H groups in total. The zero-order chi connectivity index (χ0) is 24.6. The van der Waals surface area contributed by atoms with Gasteiger partial charge >= 0.3 is 0 Å². The number of fused-ring (bicyclic) bond motifs is 3. The minimum Gasteiger partial charge on any atom is -0.507 e. The molecule has 0 bridgehead atoms. The Morgan fingerprint density at radius 2 is 2.00 bits per heavy atom. The minimum atomic E-state index is -0.785. The zero-order valence-corrected chi connectivity index (χ0v) is 20.6. The molecule has 4 rings (SSSR count). The van der Waals surface area contributed by atoms with Crippen molar-refractivity contribution in [1.82, 2.24) is 5.32 Å². The molecule has 1 atom stereocenters. The number of carbonyl (C=O) groups is 1. The largest absolute Gasteiger partial charge is 0.507 e. The first-order chi connectivity index (χ1) is 16.3. The van der Waals surface area contributed by atoms with Crippen LogP contribution in [0.3, 0.4) is 0 Å². The number of methoxy groups -OCH3 is 2. The van der Waals surface area contributed by atoms with E-state index in [0.29, 0.717) is 32.8 Å². The van der Waals surface area contributed by atoms with Gasteiger partial charge in [0, 0.05) is 10.9 Å². The monoisotopic (exact) mass is 545 g/mol. The van der Waals surface area contributed by atoms with E-state index in [2.05, 4.69) is 21.2 Å². The molecular formula is C24H21BrClN3O5. The maximum Gasteiger partial charge on any atom is 0.240 e. The van der Waals surface area contributed by atoms with E-state index in [1.165, 1.54) is 14.2 Å². The summed E-state index contributed by atoms with van der Waals surface area (Å²) in [4.78, 5) is 12.0. The molecule has 3 aromatic rings. The molecule has 1 amide bonds. The summed E-state index contributed by atoms with van der Waals surface area (Å²) in [5, 5.41) is 23.6. The number of halogens is 2. The summed E-state index contributed by atoms with van der Waals surface area (Å²) < 4.78 is 17.5. The van der Waals surface area contributed by atoms with Crippen molar-refractivity contribution in [1.29, 1.82) is 5.41 Å². The smallest absolute Gasteiger partial charge is 0.240 e. The van der Waals surface area contributed by atoms with Gasteiger partial charge in [-0.05, 0) is 45.1 Å². The second-order valence-corrected chi connectivity index (χ2v) is 8.59. The van der Waals surface area contributed by atoms with Crippen LogP contribution >= 0.6 is 27.5 Å². The molecule has 10 heteroatoms. The van der Waals surface area contributed by atoms with Crippen LogP contribution < -0.4 is 25.3 Å². The first-order valence-corrected chi connectivity index (χ1v) is 11.4. The van der Waals surface area contributed by atoms with Crippen molar-refractivity contribution in [2.24, 2.45) is 5.73 Å². The number of hydrogen-bond donors (Lipinski definition) is 4. The Bertz CT molecular complexity index is 1360. The Morgan fingerprint density at radius 3 is 2.68 bits per heavy atom. The third-order valence-electron chi connectivity index (χ3n) is 5.52. The first kappa shape index (κ1) is 23.7. The van der Waals surface area contributed by atoms with E-state index < -0.39 is 11.8 Å². The van der Waals surface area contributed by atoms with Gasteiger partial charge in [0.2, 0.25) is 5.91 Å². The molecule has 8 nitrogen and oxygen atoms in total. The number of alkyl halides is 1. The van der Waals surface area contributed by atoms with Gasteiger partial charge in [0.25, 0.3) is 0 Å². The normalized spacial score (nSPS) is 14.9. The van der Waals surface area contributed by atoms with Crippen LogP contribution in [-0.4, -0.2) is 36.9 Å². The van der Waals surface area contributed by atoms with Crippen LogP contribution in [0.15, 0.2) is 58.4 Å². The summed E-state index contributed by atoms with van der Waals surface area (Å²) in [5.74, 6) is -0.859. The molecule has 1 unspecified atom stereocenters. The molecule has 1 aliphatic heterocycles. The van der Waals surface area contributed by atoms with E-state index >= 15 is 0 Å². The Labute approximate surface area is 208 Å². The standard InChI is InChI=1S/C24H21BrClN3O5/c1-32-16-9-12(7-14(25)22(16)33-2)18-19-15(30)8-11-5-3-4-6-13(11)21(19)34-24(28)20(18)23(27)29-17(31)10-26/h3-9,18,30H,10,28H2,1-2H3,(H2,27,29,31). The molecule has 3 aromatic carbocycles. The highest BCUT2D eigenvalue weighted by Gasteiger charge is 2.37. The van der Waals surface area contributed by atoms with Crippen LogP contribution in [0.1, 0.15) is 17.0 Å². The molecule has 176 valence electrons. The van der Waals surface area contributed by atoms with E-state index in [9.17, 15) is 9.90 Å². The second kappa shape index (κ2) is 9.44. The third-order valence-corrected chi connectivity index (χ3v) is 6.35. The van der Waals surface area contributed by atoms with Crippen molar-refractivity contribution < 1.29 is 24.1 Å². The molecular weight excluding hydrogens is 526 g/mol. The quantitative estimate of drug-likeness (QED) is 0.214. The van der Waals surface area contributed by atoms with Crippen molar-refractivity contribution in [3.8, 4) is 23.0 Å². The zero-order valence-electron chi connectivity index (χ0n) is 18.2. The van der Waals surface area contributed by atoms with Crippen LogP contribution in [0.4, 0.5) is 0 Å². The molecule has 0 aromatic heterocycles. The van der Waals surface area contributed by atoms with E-state index in [1.807, 2.05) is 24.3 Å². The van der Waals surface area contributed by atoms with Gasteiger partial charge < -0.3 is 30.4 Å². The molecule has 34 heavy (non-hydrogen) atoms. The number of hydrogen-bond acceptors (Lipinski definition) is 7. The van der Waals surface area contributed by atoms with Gasteiger partial charge in [0.15, 0.2) is 17.4 Å². The summed E-state index contributed by atoms with van der Waals surface area (Å²) in [5.41, 5.74) is 7.50. The fourth-order valence-electron chi connectivity index (χ4n) is 4.10. The maximum atomic E-state index is 12.0. The lowest BCUT2D eigenvalue weighted by Gasteiger charge is -2.31. The van der Waals surface area contributed by atoms with Crippen LogP contribution in [0.5, 0.6) is 23.0 Å². The highest BCUT2D eigenvalue weighted by atomic mass is 79.9. The van der Waals surface area contributed by atoms with E-state index in [1.54, 1.807) is 18.2 Å². The van der Waals surface area contributed by atoms with E-state index in [-0.39, 0.29) is 28.9 Å². The van der Waals surface area contributed by atoms with Gasteiger partial charge in [-0.2, -0.15) is 0 Å². The predicted octanol–water partition coefficient (Wildman–Crippen LogP) is 4.35. The lowest BCUT2D eigenvalue weighted by molar-refractivity contribution is -0.117. The Morgan fingerprint density at radius 1 is 1.26 bits per heavy atom. The minimum absolute atomic E-state index is 0.0499. The average Bonchev–Trinajstić information content (AvgIpc) is 2.82. The SMILES string of the molecule is COc1cc(C2C(C(=N)NC(=O)CCl)=C(N)Oc3c2c(O)cc2ccccc32)cc(Br)c1OC. The predicted molar refractivity (Wildman–Crippen MR) is 133 cm³/mol. The van der Waals surface area contributed by atoms with Gasteiger partial charge in [0.1, 0.15) is 23.2 Å². The molecule has 0 spiro atoms. The van der Waals surface area contributed by atoms with Gasteiger partial charge in [-0.25, -0.2) is 0 Å². The number of phenols is 1. The van der Waals surface area contributed by atoms with E-state index in [0.717, 1.165) is 10.8 Å². The van der Waals surface area contributed by atoms with Gasteiger partial charge in [-0.15, -0.1) is 11.6 Å². The van der Waals surface area contributed by atoms with E-state index in [4.69, 9.17) is 37.0 Å². The Balaban J connectivity index is 2.03. The van der Waals surface area contributed by atoms with Crippen molar-refractivity contribution >= 4 is 50.0 Å². The number of aromatic hydroxyl groups is 1. The number of ether oxygens (including phenoxy) is 3. The van der Waals surface area contributed by atoms with Crippen LogP contribution in [0, 0.1) is 5.41 Å². The summed E-state index contributed by atoms with van der Waals surface area (Å²) in [6.07, 6.45) is 0. The lowest BCUT2D eigenvalue weighted by Crippen LogP contribution is -2.37. The van der Waals surface area contributed by atoms with Crippen LogP contribution in [0.25, 0.3) is 10.8 Å². The summed E-state index contributed by atoms with van der Waals surface area (Å²) in [6, 6.07) is 12.5. The summed E-state index contributed by atoms with van der Waals surface area (Å²) >= 11 is 9.13. The van der Waals surface area contributed by atoms with Crippen molar-refractivity contribution in [2.75, 3.05) is 20.1 Å². The van der Waals surface area contributed by atoms with Crippen LogP contribution in [-0.2, 0) is 4.79 Å². The van der Waals surface area contributed by atoms with Gasteiger partial charge in [-0.1, -0.05) is 24.3 Å². The van der Waals surface area contributed by atoms with Crippen molar-refractivity contribution in [2.45, 2.75) is 5.92 Å². The Kier molecular flexibility index (Phi) is 6.58. The molecule has 0 fully saturated rings. The number of phenolic OH excluding ortho intramolecular Hbond substituents is 1. The molecule has 0 aliphatic carbocycles. The molecule has 0 radical (unpaired) electrons. The van der Waals surface area contributed by atoms with Crippen molar-refractivity contribution in [3.63, 3.8) is 0 Å². The number of benzene rings is 3. The summed E-state index contributed by atoms with van der Waals surface area (Å²) in [7, 11) is 3.02. The molecule has 0 saturated heterocycles. The topological polar surface area (TPSA) is 127 Å². The Hall–Kier alpha value is -3.43. The van der Waals surface area contributed by atoms with Crippen molar-refractivity contribution in [3.05, 3.63) is 69.5 Å². The summed E-state index contributed by atoms with van der Waals surface area (Å²) in [6.45, 7) is 0. The number of rotatable bonds is 5. The van der Waals surface area contributed by atoms with Gasteiger partial charge in [-0.3, -0.25) is 10.2 Å². The fourth-order valence-corrected chi connectivity index (χ4v) is 4.79. The number of nitrogens with two attached hydrogens (primary N) is 1. The highest BCUT2D eigenvalue weighted by molar-refractivity contribution is 9.10. The van der Waals surface area contributed by atoms with Gasteiger partial charge in [0.05, 0.1) is 30.2 Å². The fraction of sp³-hybridized carbons (Fsp3) is 0.167. The number of nitrogens with one attached hydrogen (secondary N) is 2. The average molecular weight is 547 g/mol.